The van der Waals surface area contributed by atoms with Crippen LogP contribution in [0.1, 0.15) is 29.7 Å². The summed E-state index contributed by atoms with van der Waals surface area (Å²) >= 11 is 1.20. The van der Waals surface area contributed by atoms with Gasteiger partial charge in [-0.15, -0.1) is 11.8 Å². The summed E-state index contributed by atoms with van der Waals surface area (Å²) in [4.78, 5) is 6.88. The first-order valence-corrected chi connectivity index (χ1v) is 17.4. The Morgan fingerprint density at radius 2 is 1.74 bits per heavy atom. The smallest absolute Gasteiger partial charge is 0.390 e. The number of likely N-dealkylation sites (tertiary alicyclic amines) is 1. The van der Waals surface area contributed by atoms with Crippen molar-refractivity contribution in [3.05, 3.63) is 35.0 Å². The Morgan fingerprint density at radius 1 is 1.02 bits per heavy atom. The molecule has 1 aromatic carbocycles. The Morgan fingerprint density at radius 3 is 2.40 bits per heavy atom. The van der Waals surface area contributed by atoms with E-state index in [1.54, 1.807) is 10.7 Å². The van der Waals surface area contributed by atoms with E-state index < -0.39 is 27.9 Å². The molecule has 3 aliphatic heterocycles. The molecule has 9 nitrogen and oxygen atoms in total. The minimum absolute atomic E-state index is 0.0938. The molecular weight excluding hydrogens is 589 g/mol. The van der Waals surface area contributed by atoms with E-state index >= 15 is 0 Å². The number of β-amino-alcohol motifs (C(OH)–C–C–N with tert-alkyl or cyclic N) is 1. The van der Waals surface area contributed by atoms with Gasteiger partial charge in [-0.05, 0) is 45.1 Å². The number of hydrogen-bond acceptors (Lipinski definition) is 8. The molecule has 1 aromatic heterocycles. The highest BCUT2D eigenvalue weighted by molar-refractivity contribution is 7.99. The molecule has 0 saturated carbocycles. The quantitative estimate of drug-likeness (QED) is 0.402. The Bertz CT molecular complexity index is 1340. The van der Waals surface area contributed by atoms with Crippen LogP contribution in [-0.4, -0.2) is 126 Å². The number of hydrogen-bond donors (Lipinski definition) is 1. The maximum Gasteiger partial charge on any atom is 0.417 e. The lowest BCUT2D eigenvalue weighted by Gasteiger charge is -2.33. The van der Waals surface area contributed by atoms with E-state index in [-0.39, 0.29) is 24.5 Å². The summed E-state index contributed by atoms with van der Waals surface area (Å²) in [6.45, 7) is 7.38. The van der Waals surface area contributed by atoms with Crippen LogP contribution < -0.4 is 0 Å². The van der Waals surface area contributed by atoms with Crippen LogP contribution in [0.2, 0.25) is 0 Å². The standard InChI is InChI=1S/C28H41F3N6O3S2/c1-33-11-13-35(14-12-33)18-22(38)19-37-25-7-10-36(42(2,39)40)20-23(25)27(32-37)21-5-6-24(28(29,30)31)26(17-21)41-16-15-34-8-3-4-9-34/h5-6,17,22,38H,3-4,7-16,18-20H2,1-2H3. The third-order valence-corrected chi connectivity index (χ3v) is 10.7. The van der Waals surface area contributed by atoms with Crippen molar-refractivity contribution < 1.29 is 26.7 Å². The molecule has 42 heavy (non-hydrogen) atoms. The summed E-state index contributed by atoms with van der Waals surface area (Å²) in [5, 5.41) is 15.8. The Labute approximate surface area is 250 Å². The Kier molecular flexibility index (Phi) is 9.92. The molecule has 2 saturated heterocycles. The van der Waals surface area contributed by atoms with Crippen LogP contribution in [0.25, 0.3) is 11.3 Å². The molecule has 1 N–H and O–H groups in total. The first-order valence-electron chi connectivity index (χ1n) is 14.6. The predicted octanol–water partition coefficient (Wildman–Crippen LogP) is 2.68. The summed E-state index contributed by atoms with van der Waals surface area (Å²) in [7, 11) is -1.41. The van der Waals surface area contributed by atoms with Crippen molar-refractivity contribution in [3.8, 4) is 11.3 Å². The highest BCUT2D eigenvalue weighted by Crippen LogP contribution is 2.40. The topological polar surface area (TPSA) is 85.2 Å². The number of aliphatic hydroxyl groups is 1. The van der Waals surface area contributed by atoms with Gasteiger partial charge in [-0.3, -0.25) is 9.58 Å². The van der Waals surface area contributed by atoms with Crippen LogP contribution in [-0.2, 0) is 35.7 Å². The summed E-state index contributed by atoms with van der Waals surface area (Å²) in [5.74, 6) is 0.541. The lowest BCUT2D eigenvalue weighted by molar-refractivity contribution is -0.139. The molecule has 3 aliphatic rings. The summed E-state index contributed by atoms with van der Waals surface area (Å²) in [6.07, 6.45) is -1.37. The first kappa shape index (κ1) is 31.7. The van der Waals surface area contributed by atoms with Gasteiger partial charge in [0.15, 0.2) is 0 Å². The molecule has 0 radical (unpaired) electrons. The maximum atomic E-state index is 14.0. The van der Waals surface area contributed by atoms with Crippen LogP contribution in [0, 0.1) is 0 Å². The normalized spacial score (nSPS) is 20.7. The van der Waals surface area contributed by atoms with Crippen molar-refractivity contribution in [1.82, 2.24) is 28.8 Å². The third kappa shape index (κ3) is 7.69. The van der Waals surface area contributed by atoms with Crippen LogP contribution >= 0.6 is 11.8 Å². The molecule has 0 spiro atoms. The van der Waals surface area contributed by atoms with Gasteiger partial charge in [-0.25, -0.2) is 8.42 Å². The van der Waals surface area contributed by atoms with Gasteiger partial charge < -0.3 is 14.9 Å². The zero-order valence-corrected chi connectivity index (χ0v) is 25.9. The summed E-state index contributed by atoms with van der Waals surface area (Å²) in [6, 6.07) is 4.09. The molecule has 0 amide bonds. The Balaban J connectivity index is 1.43. The van der Waals surface area contributed by atoms with Crippen molar-refractivity contribution in [3.63, 3.8) is 0 Å². The fourth-order valence-electron chi connectivity index (χ4n) is 6.03. The number of nitrogens with zero attached hydrogens (tertiary/aromatic N) is 6. The van der Waals surface area contributed by atoms with Gasteiger partial charge in [0, 0.05) is 86.2 Å². The van der Waals surface area contributed by atoms with E-state index in [1.807, 2.05) is 0 Å². The van der Waals surface area contributed by atoms with Gasteiger partial charge in [0.25, 0.3) is 0 Å². The van der Waals surface area contributed by atoms with Gasteiger partial charge in [0.05, 0.1) is 30.2 Å². The average Bonchev–Trinajstić information content (AvgIpc) is 3.57. The molecular formula is C28H41F3N6O3S2. The van der Waals surface area contributed by atoms with E-state index in [9.17, 15) is 26.7 Å². The van der Waals surface area contributed by atoms with Crippen molar-refractivity contribution in [2.45, 2.75) is 49.5 Å². The van der Waals surface area contributed by atoms with Crippen molar-refractivity contribution in [2.24, 2.45) is 0 Å². The number of piperazine rings is 1. The second kappa shape index (κ2) is 13.1. The Hall–Kier alpha value is -1.68. The fraction of sp³-hybridized carbons (Fsp3) is 0.679. The van der Waals surface area contributed by atoms with Crippen LogP contribution in [0.4, 0.5) is 13.2 Å². The molecule has 1 atom stereocenters. The largest absolute Gasteiger partial charge is 0.417 e. The molecule has 1 unspecified atom stereocenters. The second-order valence-electron chi connectivity index (χ2n) is 11.7. The number of thioether (sulfide) groups is 1. The van der Waals surface area contributed by atoms with Crippen LogP contribution in [0.3, 0.4) is 0 Å². The number of rotatable bonds is 10. The van der Waals surface area contributed by atoms with E-state index in [2.05, 4.69) is 21.7 Å². The highest BCUT2D eigenvalue weighted by Gasteiger charge is 2.35. The van der Waals surface area contributed by atoms with E-state index in [4.69, 9.17) is 5.10 Å². The minimum Gasteiger partial charge on any atom is -0.390 e. The molecule has 234 valence electrons. The van der Waals surface area contributed by atoms with E-state index in [0.29, 0.717) is 35.5 Å². The number of benzene rings is 1. The fourth-order valence-corrected chi connectivity index (χ4v) is 7.94. The zero-order valence-electron chi connectivity index (χ0n) is 24.3. The number of halogens is 3. The number of sulfonamides is 1. The van der Waals surface area contributed by atoms with Gasteiger partial charge in [-0.1, -0.05) is 6.07 Å². The monoisotopic (exact) mass is 630 g/mol. The highest BCUT2D eigenvalue weighted by atomic mass is 32.2. The number of alkyl halides is 3. The van der Waals surface area contributed by atoms with Gasteiger partial charge >= 0.3 is 6.18 Å². The van der Waals surface area contributed by atoms with Crippen LogP contribution in [0.15, 0.2) is 23.1 Å². The minimum atomic E-state index is -4.49. The lowest BCUT2D eigenvalue weighted by atomic mass is 10.0. The SMILES string of the molecule is CN1CCN(CC(O)Cn2nc(-c3ccc(C(F)(F)F)c(SCCN4CCCC4)c3)c3c2CCN(S(C)(=O)=O)C3)CC1. The number of aliphatic hydroxyl groups excluding tert-OH is 1. The summed E-state index contributed by atoms with van der Waals surface area (Å²) < 4.78 is 69.9. The first-order chi connectivity index (χ1) is 19.9. The van der Waals surface area contributed by atoms with Gasteiger partial charge in [0.1, 0.15) is 0 Å². The van der Waals surface area contributed by atoms with Crippen LogP contribution in [0.5, 0.6) is 0 Å². The number of aromatic nitrogens is 2. The van der Waals surface area contributed by atoms with Crippen molar-refractivity contribution in [1.29, 1.82) is 0 Å². The predicted molar refractivity (Wildman–Crippen MR) is 158 cm³/mol. The molecule has 4 heterocycles. The molecule has 0 aliphatic carbocycles. The summed E-state index contributed by atoms with van der Waals surface area (Å²) in [5.41, 5.74) is 1.83. The molecule has 2 fully saturated rings. The number of likely N-dealkylation sites (N-methyl/N-ethyl adjacent to an activating group) is 1. The lowest BCUT2D eigenvalue weighted by Crippen LogP contribution is -2.47. The van der Waals surface area contributed by atoms with E-state index in [0.717, 1.165) is 76.7 Å². The van der Waals surface area contributed by atoms with Crippen molar-refractivity contribution >= 4 is 21.8 Å². The molecule has 5 rings (SSSR count). The van der Waals surface area contributed by atoms with Gasteiger partial charge in [0.2, 0.25) is 10.0 Å². The van der Waals surface area contributed by atoms with E-state index in [1.165, 1.54) is 22.1 Å². The number of fused-ring (bicyclic) bond motifs is 1. The zero-order chi connectivity index (χ0) is 30.1. The third-order valence-electron chi connectivity index (χ3n) is 8.44. The maximum absolute atomic E-state index is 14.0. The molecule has 0 bridgehead atoms. The molecule has 14 heteroatoms. The van der Waals surface area contributed by atoms with Gasteiger partial charge in [-0.2, -0.15) is 22.6 Å². The molecule has 2 aromatic rings. The second-order valence-corrected chi connectivity index (χ2v) is 14.8. The average molecular weight is 631 g/mol. The van der Waals surface area contributed by atoms with Crippen molar-refractivity contribution in [2.75, 3.05) is 78.0 Å².